The van der Waals surface area contributed by atoms with Crippen molar-refractivity contribution in [2.45, 2.75) is 51.0 Å². The number of amides is 2. The lowest BCUT2D eigenvalue weighted by Crippen LogP contribution is -2.58. The van der Waals surface area contributed by atoms with Crippen LogP contribution in [0.25, 0.3) is 0 Å². The Labute approximate surface area is 127 Å². The second-order valence-electron chi connectivity index (χ2n) is 6.46. The van der Waals surface area contributed by atoms with E-state index in [-0.39, 0.29) is 6.03 Å². The highest BCUT2D eigenvalue weighted by molar-refractivity contribution is 5.86. The van der Waals surface area contributed by atoms with Crippen molar-refractivity contribution in [1.29, 1.82) is 0 Å². The fourth-order valence-electron chi connectivity index (χ4n) is 2.66. The average Bonchev–Trinajstić information content (AvgIpc) is 2.40. The summed E-state index contributed by atoms with van der Waals surface area (Å²) in [6.07, 6.45) is 4.61. The van der Waals surface area contributed by atoms with Gasteiger partial charge in [-0.2, -0.15) is 0 Å². The third-order valence-corrected chi connectivity index (χ3v) is 4.21. The van der Waals surface area contributed by atoms with Gasteiger partial charge in [-0.3, -0.25) is 0 Å². The minimum atomic E-state index is -1.08. The molecule has 0 radical (unpaired) electrons. The molecule has 122 valence electrons. The van der Waals surface area contributed by atoms with E-state index in [1.54, 1.807) is 0 Å². The Kier molecular flexibility index (Phi) is 6.95. The minimum Gasteiger partial charge on any atom is -0.480 e. The molecule has 1 aliphatic carbocycles. The Morgan fingerprint density at radius 1 is 1.24 bits per heavy atom. The van der Waals surface area contributed by atoms with Gasteiger partial charge in [0.1, 0.15) is 5.54 Å². The molecule has 0 heterocycles. The van der Waals surface area contributed by atoms with E-state index in [1.165, 1.54) is 0 Å². The van der Waals surface area contributed by atoms with Crippen LogP contribution in [0.2, 0.25) is 0 Å². The van der Waals surface area contributed by atoms with Crippen molar-refractivity contribution in [1.82, 2.24) is 15.5 Å². The first-order valence-corrected chi connectivity index (χ1v) is 7.80. The topological polar surface area (TPSA) is 81.7 Å². The van der Waals surface area contributed by atoms with Gasteiger partial charge in [-0.1, -0.05) is 6.92 Å². The van der Waals surface area contributed by atoms with Crippen LogP contribution in [-0.4, -0.2) is 54.7 Å². The van der Waals surface area contributed by atoms with Crippen molar-refractivity contribution in [3.05, 3.63) is 0 Å². The first-order chi connectivity index (χ1) is 9.85. The number of rotatable bonds is 7. The molecule has 1 fully saturated rings. The normalized spacial score (nSPS) is 25.6. The Bertz CT molecular complexity index is 350. The van der Waals surface area contributed by atoms with Crippen LogP contribution >= 0.6 is 0 Å². The van der Waals surface area contributed by atoms with E-state index in [2.05, 4.69) is 22.5 Å². The number of carboxylic acids is 1. The van der Waals surface area contributed by atoms with Crippen molar-refractivity contribution < 1.29 is 14.7 Å². The highest BCUT2D eigenvalue weighted by Crippen LogP contribution is 2.32. The largest absolute Gasteiger partial charge is 0.480 e. The number of carbonyl (C=O) groups excluding carboxylic acids is 1. The van der Waals surface area contributed by atoms with Crippen molar-refractivity contribution in [3.8, 4) is 0 Å². The van der Waals surface area contributed by atoms with Crippen molar-refractivity contribution in [3.63, 3.8) is 0 Å². The van der Waals surface area contributed by atoms with E-state index in [0.717, 1.165) is 32.2 Å². The summed E-state index contributed by atoms with van der Waals surface area (Å²) in [5.41, 5.74) is -1.08. The van der Waals surface area contributed by atoms with E-state index < -0.39 is 11.5 Å². The Balaban J connectivity index is 2.35. The minimum absolute atomic E-state index is 0.364. The van der Waals surface area contributed by atoms with Crippen molar-refractivity contribution in [2.75, 3.05) is 27.2 Å². The predicted molar refractivity (Wildman–Crippen MR) is 82.3 cm³/mol. The molecule has 0 aromatic rings. The molecule has 2 amide bonds. The monoisotopic (exact) mass is 299 g/mol. The summed E-state index contributed by atoms with van der Waals surface area (Å²) in [7, 11) is 4.03. The van der Waals surface area contributed by atoms with Gasteiger partial charge in [0.05, 0.1) is 0 Å². The van der Waals surface area contributed by atoms with Gasteiger partial charge in [-0.05, 0) is 65.1 Å². The fraction of sp³-hybridized carbons (Fsp3) is 0.867. The molecule has 6 nitrogen and oxygen atoms in total. The molecule has 0 aliphatic heterocycles. The molecule has 6 heteroatoms. The molecule has 0 atom stereocenters. The zero-order valence-electron chi connectivity index (χ0n) is 13.4. The SMILES string of the molecule is CC1CCC(NC(=O)NCCCCN(C)C)(C(=O)O)CC1. The van der Waals surface area contributed by atoms with Gasteiger partial charge in [-0.15, -0.1) is 0 Å². The smallest absolute Gasteiger partial charge is 0.329 e. The van der Waals surface area contributed by atoms with Crippen LogP contribution in [0.15, 0.2) is 0 Å². The standard InChI is InChI=1S/C15H29N3O3/c1-12-6-8-15(9-7-12,13(19)20)17-14(21)16-10-4-5-11-18(2)3/h12H,4-11H2,1-3H3,(H,19,20)(H2,16,17,21). The highest BCUT2D eigenvalue weighted by atomic mass is 16.4. The number of aliphatic carboxylic acids is 1. The molecule has 0 unspecified atom stereocenters. The zero-order valence-corrected chi connectivity index (χ0v) is 13.4. The Morgan fingerprint density at radius 2 is 1.86 bits per heavy atom. The van der Waals surface area contributed by atoms with Crippen LogP contribution in [0.1, 0.15) is 45.4 Å². The summed E-state index contributed by atoms with van der Waals surface area (Å²) in [5, 5.41) is 14.9. The molecule has 0 aromatic heterocycles. The van der Waals surface area contributed by atoms with Crippen LogP contribution in [0.3, 0.4) is 0 Å². The third kappa shape index (κ3) is 5.91. The summed E-state index contributed by atoms with van der Waals surface area (Å²) in [5.74, 6) is -0.384. The Morgan fingerprint density at radius 3 is 2.38 bits per heavy atom. The Hall–Kier alpha value is -1.30. The number of urea groups is 1. The van der Waals surface area contributed by atoms with Crippen molar-refractivity contribution in [2.24, 2.45) is 5.92 Å². The third-order valence-electron chi connectivity index (χ3n) is 4.21. The average molecular weight is 299 g/mol. The maximum atomic E-state index is 11.9. The molecule has 0 aromatic carbocycles. The van der Waals surface area contributed by atoms with Crippen LogP contribution in [-0.2, 0) is 4.79 Å². The van der Waals surface area contributed by atoms with Gasteiger partial charge in [0.25, 0.3) is 0 Å². The lowest BCUT2D eigenvalue weighted by atomic mass is 9.77. The summed E-state index contributed by atoms with van der Waals surface area (Å²) >= 11 is 0. The van der Waals surface area contributed by atoms with Crippen LogP contribution in [0, 0.1) is 5.92 Å². The van der Waals surface area contributed by atoms with Gasteiger partial charge in [0.2, 0.25) is 0 Å². The molecule has 1 rings (SSSR count). The van der Waals surface area contributed by atoms with Crippen LogP contribution in [0.4, 0.5) is 4.79 Å². The number of hydrogen-bond acceptors (Lipinski definition) is 3. The summed E-state index contributed by atoms with van der Waals surface area (Å²) in [6.45, 7) is 3.68. The van der Waals surface area contributed by atoms with E-state index in [4.69, 9.17) is 0 Å². The number of hydrogen-bond donors (Lipinski definition) is 3. The summed E-state index contributed by atoms with van der Waals surface area (Å²) in [4.78, 5) is 25.5. The molecule has 0 saturated heterocycles. The summed E-state index contributed by atoms with van der Waals surface area (Å²) < 4.78 is 0. The van der Waals surface area contributed by atoms with Gasteiger partial charge in [0, 0.05) is 6.54 Å². The quantitative estimate of drug-likeness (QED) is 0.624. The first kappa shape index (κ1) is 17.8. The molecule has 21 heavy (non-hydrogen) atoms. The second-order valence-corrected chi connectivity index (χ2v) is 6.46. The first-order valence-electron chi connectivity index (χ1n) is 7.80. The molecule has 1 aliphatic rings. The number of unbranched alkanes of at least 4 members (excludes halogenated alkanes) is 1. The van der Waals surface area contributed by atoms with E-state index in [0.29, 0.717) is 25.3 Å². The second kappa shape index (κ2) is 8.22. The van der Waals surface area contributed by atoms with E-state index >= 15 is 0 Å². The number of carbonyl (C=O) groups is 2. The van der Waals surface area contributed by atoms with Crippen LogP contribution < -0.4 is 10.6 Å². The molecule has 1 saturated carbocycles. The van der Waals surface area contributed by atoms with Crippen LogP contribution in [0.5, 0.6) is 0 Å². The lowest BCUT2D eigenvalue weighted by molar-refractivity contribution is -0.146. The molecule has 0 bridgehead atoms. The highest BCUT2D eigenvalue weighted by Gasteiger charge is 2.42. The van der Waals surface area contributed by atoms with Gasteiger partial charge < -0.3 is 20.6 Å². The molecular formula is C15H29N3O3. The molecule has 0 spiro atoms. The number of carboxylic acid groups (broad SMARTS) is 1. The fourth-order valence-corrected chi connectivity index (χ4v) is 2.66. The number of nitrogens with one attached hydrogen (secondary N) is 2. The van der Waals surface area contributed by atoms with E-state index in [1.807, 2.05) is 14.1 Å². The van der Waals surface area contributed by atoms with Crippen molar-refractivity contribution >= 4 is 12.0 Å². The zero-order chi connectivity index (χ0) is 15.9. The van der Waals surface area contributed by atoms with Gasteiger partial charge >= 0.3 is 12.0 Å². The summed E-state index contributed by atoms with van der Waals surface area (Å²) in [6, 6.07) is -0.364. The lowest BCUT2D eigenvalue weighted by Gasteiger charge is -2.36. The predicted octanol–water partition coefficient (Wildman–Crippen LogP) is 1.66. The maximum Gasteiger partial charge on any atom is 0.329 e. The van der Waals surface area contributed by atoms with Gasteiger partial charge in [0.15, 0.2) is 0 Å². The van der Waals surface area contributed by atoms with Gasteiger partial charge in [-0.25, -0.2) is 9.59 Å². The molecule has 3 N–H and O–H groups in total. The maximum absolute atomic E-state index is 11.9. The molecular weight excluding hydrogens is 270 g/mol. The van der Waals surface area contributed by atoms with E-state index in [9.17, 15) is 14.7 Å². The number of nitrogens with zero attached hydrogens (tertiary/aromatic N) is 1.